The van der Waals surface area contributed by atoms with Crippen LogP contribution in [-0.4, -0.2) is 35.1 Å². The van der Waals surface area contributed by atoms with Crippen LogP contribution in [0.1, 0.15) is 29.8 Å². The Morgan fingerprint density at radius 2 is 2.06 bits per heavy atom. The molecule has 0 bridgehead atoms. The van der Waals surface area contributed by atoms with Gasteiger partial charge in [-0.05, 0) is 44.5 Å². The van der Waals surface area contributed by atoms with Crippen LogP contribution in [0.25, 0.3) is 0 Å². The minimum atomic E-state index is -0.880. The molecule has 4 heteroatoms. The molecule has 0 aromatic heterocycles. The van der Waals surface area contributed by atoms with E-state index in [1.54, 1.807) is 27.0 Å². The standard InChI is InChI=1S/C13H18BrNO2/c1-9-7-10(5-6-11(9)14)12(16)15(4)8-13(2,3)17/h5-7,17H,8H2,1-4H3. The number of halogens is 1. The molecule has 0 spiro atoms. The van der Waals surface area contributed by atoms with Gasteiger partial charge in [-0.25, -0.2) is 0 Å². The number of nitrogens with zero attached hydrogens (tertiary/aromatic N) is 1. The van der Waals surface area contributed by atoms with E-state index in [0.717, 1.165) is 10.0 Å². The first kappa shape index (κ1) is 14.2. The van der Waals surface area contributed by atoms with Crippen molar-refractivity contribution in [2.24, 2.45) is 0 Å². The highest BCUT2D eigenvalue weighted by atomic mass is 79.9. The van der Waals surface area contributed by atoms with Crippen LogP contribution in [0.4, 0.5) is 0 Å². The van der Waals surface area contributed by atoms with Crippen LogP contribution in [0.5, 0.6) is 0 Å². The zero-order valence-corrected chi connectivity index (χ0v) is 12.2. The number of rotatable bonds is 3. The van der Waals surface area contributed by atoms with E-state index in [1.165, 1.54) is 4.90 Å². The number of carbonyl (C=O) groups is 1. The van der Waals surface area contributed by atoms with E-state index in [1.807, 2.05) is 19.1 Å². The first-order valence-electron chi connectivity index (χ1n) is 5.45. The minimum Gasteiger partial charge on any atom is -0.389 e. The second-order valence-corrected chi connectivity index (χ2v) is 5.79. The molecule has 94 valence electrons. The number of aryl methyl sites for hydroxylation is 1. The van der Waals surface area contributed by atoms with Gasteiger partial charge >= 0.3 is 0 Å². The van der Waals surface area contributed by atoms with E-state index in [9.17, 15) is 9.90 Å². The lowest BCUT2D eigenvalue weighted by molar-refractivity contribution is 0.0368. The number of hydrogen-bond acceptors (Lipinski definition) is 2. The summed E-state index contributed by atoms with van der Waals surface area (Å²) in [7, 11) is 1.69. The van der Waals surface area contributed by atoms with E-state index in [-0.39, 0.29) is 5.91 Å². The lowest BCUT2D eigenvalue weighted by Gasteiger charge is -2.25. The molecule has 1 N–H and O–H groups in total. The summed E-state index contributed by atoms with van der Waals surface area (Å²) < 4.78 is 0.985. The van der Waals surface area contributed by atoms with E-state index < -0.39 is 5.60 Å². The van der Waals surface area contributed by atoms with Crippen molar-refractivity contribution >= 4 is 21.8 Å². The molecule has 0 radical (unpaired) electrons. The number of likely N-dealkylation sites (N-methyl/N-ethyl adjacent to an activating group) is 1. The maximum absolute atomic E-state index is 12.1. The van der Waals surface area contributed by atoms with Gasteiger partial charge in [-0.1, -0.05) is 15.9 Å². The summed E-state index contributed by atoms with van der Waals surface area (Å²) in [6, 6.07) is 5.48. The first-order chi connectivity index (χ1) is 7.70. The SMILES string of the molecule is Cc1cc(C(=O)N(C)CC(C)(C)O)ccc1Br. The Bertz CT molecular complexity index is 424. The molecule has 1 aromatic carbocycles. The molecule has 0 saturated carbocycles. The average Bonchev–Trinajstić information content (AvgIpc) is 2.18. The zero-order chi connectivity index (χ0) is 13.2. The van der Waals surface area contributed by atoms with E-state index >= 15 is 0 Å². The van der Waals surface area contributed by atoms with Crippen LogP contribution in [0.15, 0.2) is 22.7 Å². The van der Waals surface area contributed by atoms with Gasteiger partial charge in [0.25, 0.3) is 5.91 Å². The van der Waals surface area contributed by atoms with Gasteiger partial charge in [-0.3, -0.25) is 4.79 Å². The quantitative estimate of drug-likeness (QED) is 0.932. The molecular weight excluding hydrogens is 282 g/mol. The molecule has 0 heterocycles. The van der Waals surface area contributed by atoms with Gasteiger partial charge in [0.05, 0.1) is 5.60 Å². The molecule has 1 rings (SSSR count). The molecule has 0 aliphatic heterocycles. The van der Waals surface area contributed by atoms with Crippen molar-refractivity contribution in [3.8, 4) is 0 Å². The Kier molecular flexibility index (Phi) is 4.33. The van der Waals surface area contributed by atoms with Gasteiger partial charge in [0.1, 0.15) is 0 Å². The lowest BCUT2D eigenvalue weighted by atomic mass is 10.1. The molecule has 1 amide bonds. The average molecular weight is 300 g/mol. The monoisotopic (exact) mass is 299 g/mol. The van der Waals surface area contributed by atoms with Crippen molar-refractivity contribution in [3.05, 3.63) is 33.8 Å². The molecule has 1 aromatic rings. The molecule has 0 aliphatic rings. The zero-order valence-electron chi connectivity index (χ0n) is 10.6. The number of benzene rings is 1. The van der Waals surface area contributed by atoms with Gasteiger partial charge in [0.2, 0.25) is 0 Å². The maximum Gasteiger partial charge on any atom is 0.253 e. The van der Waals surface area contributed by atoms with Crippen LogP contribution in [0.3, 0.4) is 0 Å². The van der Waals surface area contributed by atoms with Crippen LogP contribution in [-0.2, 0) is 0 Å². The van der Waals surface area contributed by atoms with Crippen LogP contribution in [0, 0.1) is 6.92 Å². The van der Waals surface area contributed by atoms with Crippen molar-refractivity contribution in [1.29, 1.82) is 0 Å². The first-order valence-corrected chi connectivity index (χ1v) is 6.24. The molecule has 3 nitrogen and oxygen atoms in total. The van der Waals surface area contributed by atoms with Gasteiger partial charge in [0, 0.05) is 23.6 Å². The van der Waals surface area contributed by atoms with Crippen molar-refractivity contribution < 1.29 is 9.90 Å². The third-order valence-corrected chi connectivity index (χ3v) is 3.27. The Morgan fingerprint density at radius 1 is 1.47 bits per heavy atom. The second-order valence-electron chi connectivity index (χ2n) is 4.94. The summed E-state index contributed by atoms with van der Waals surface area (Å²) in [6.07, 6.45) is 0. The summed E-state index contributed by atoms with van der Waals surface area (Å²) >= 11 is 3.40. The smallest absolute Gasteiger partial charge is 0.253 e. The van der Waals surface area contributed by atoms with Crippen LogP contribution >= 0.6 is 15.9 Å². The number of amides is 1. The molecule has 0 saturated heterocycles. The molecule has 17 heavy (non-hydrogen) atoms. The normalized spacial score (nSPS) is 11.4. The third kappa shape index (κ3) is 4.13. The summed E-state index contributed by atoms with van der Waals surface area (Å²) in [4.78, 5) is 13.6. The fourth-order valence-corrected chi connectivity index (χ4v) is 1.90. The Balaban J connectivity index is 2.85. The fourth-order valence-electron chi connectivity index (χ4n) is 1.65. The molecule has 0 atom stereocenters. The third-order valence-electron chi connectivity index (χ3n) is 2.38. The highest BCUT2D eigenvalue weighted by Crippen LogP contribution is 2.18. The van der Waals surface area contributed by atoms with Crippen molar-refractivity contribution in [1.82, 2.24) is 4.90 Å². The largest absolute Gasteiger partial charge is 0.389 e. The predicted molar refractivity (Wildman–Crippen MR) is 72.1 cm³/mol. The highest BCUT2D eigenvalue weighted by molar-refractivity contribution is 9.10. The van der Waals surface area contributed by atoms with Crippen LogP contribution < -0.4 is 0 Å². The lowest BCUT2D eigenvalue weighted by Crippen LogP contribution is -2.39. The Morgan fingerprint density at radius 3 is 2.53 bits per heavy atom. The molecule has 0 fully saturated rings. The number of carbonyl (C=O) groups excluding carboxylic acids is 1. The van der Waals surface area contributed by atoms with E-state index in [2.05, 4.69) is 15.9 Å². The van der Waals surface area contributed by atoms with Gasteiger partial charge in [0.15, 0.2) is 0 Å². The molecule has 0 aliphatic carbocycles. The highest BCUT2D eigenvalue weighted by Gasteiger charge is 2.20. The minimum absolute atomic E-state index is 0.0808. The summed E-state index contributed by atoms with van der Waals surface area (Å²) in [5, 5.41) is 9.68. The van der Waals surface area contributed by atoms with Crippen molar-refractivity contribution in [2.75, 3.05) is 13.6 Å². The Hall–Kier alpha value is -0.870. The van der Waals surface area contributed by atoms with Gasteiger partial charge < -0.3 is 10.0 Å². The van der Waals surface area contributed by atoms with E-state index in [0.29, 0.717) is 12.1 Å². The molecular formula is C13H18BrNO2. The maximum atomic E-state index is 12.1. The Labute approximate surface area is 111 Å². The van der Waals surface area contributed by atoms with Crippen LogP contribution in [0.2, 0.25) is 0 Å². The van der Waals surface area contributed by atoms with Gasteiger partial charge in [-0.15, -0.1) is 0 Å². The summed E-state index contributed by atoms with van der Waals surface area (Å²) in [6.45, 7) is 5.62. The number of aliphatic hydroxyl groups is 1. The van der Waals surface area contributed by atoms with Gasteiger partial charge in [-0.2, -0.15) is 0 Å². The van der Waals surface area contributed by atoms with Crippen molar-refractivity contribution in [2.45, 2.75) is 26.4 Å². The predicted octanol–water partition coefficient (Wildman–Crippen LogP) is 2.60. The topological polar surface area (TPSA) is 40.5 Å². The summed E-state index contributed by atoms with van der Waals surface area (Å²) in [5.41, 5.74) is 0.777. The molecule has 0 unspecified atom stereocenters. The fraction of sp³-hybridized carbons (Fsp3) is 0.462. The summed E-state index contributed by atoms with van der Waals surface area (Å²) in [5.74, 6) is -0.0808. The number of hydrogen-bond donors (Lipinski definition) is 1. The van der Waals surface area contributed by atoms with Crippen molar-refractivity contribution in [3.63, 3.8) is 0 Å². The second kappa shape index (κ2) is 5.19. The van der Waals surface area contributed by atoms with E-state index in [4.69, 9.17) is 0 Å².